The molecule has 2 saturated heterocycles. The molecule has 2 aliphatic rings. The van der Waals surface area contributed by atoms with Crippen molar-refractivity contribution >= 4 is 6.09 Å². The second-order valence-electron chi connectivity index (χ2n) is 11.5. The van der Waals surface area contributed by atoms with E-state index in [1.165, 1.54) is 0 Å². The summed E-state index contributed by atoms with van der Waals surface area (Å²) in [6, 6.07) is 19.0. The molecule has 4 nitrogen and oxygen atoms in total. The maximum atomic E-state index is 13.6. The van der Waals surface area contributed by atoms with Gasteiger partial charge in [-0.25, -0.2) is 4.79 Å². The van der Waals surface area contributed by atoms with Gasteiger partial charge in [0.2, 0.25) is 0 Å². The first-order valence-corrected chi connectivity index (χ1v) is 11.8. The first kappa shape index (κ1) is 22.8. The van der Waals surface area contributed by atoms with Crippen LogP contribution in [0.2, 0.25) is 0 Å². The normalized spacial score (nSPS) is 23.6. The number of carbonyl (C=O) groups excluding carboxylic acids is 1. The van der Waals surface area contributed by atoms with Gasteiger partial charge in [-0.2, -0.15) is 0 Å². The number of piperidine rings is 1. The van der Waals surface area contributed by atoms with Gasteiger partial charge in [-0.1, -0.05) is 102 Å². The highest BCUT2D eigenvalue weighted by atomic mass is 16.6. The minimum Gasteiger partial charge on any atom is -0.439 e. The van der Waals surface area contributed by atoms with E-state index in [0.717, 1.165) is 30.4 Å². The Morgan fingerprint density at radius 2 is 1.31 bits per heavy atom. The number of ether oxygens (including phenoxy) is 1. The van der Waals surface area contributed by atoms with Gasteiger partial charge in [0.05, 0.1) is 12.1 Å². The van der Waals surface area contributed by atoms with Crippen molar-refractivity contribution in [3.63, 3.8) is 0 Å². The molecular formula is C28H37NO3. The summed E-state index contributed by atoms with van der Waals surface area (Å²) in [6.45, 7) is 13.0. The number of aliphatic hydroxyl groups is 1. The van der Waals surface area contributed by atoms with E-state index in [0.29, 0.717) is 0 Å². The smallest absolute Gasteiger partial charge is 0.411 e. The summed E-state index contributed by atoms with van der Waals surface area (Å²) in [5, 5.41) is 12.5. The first-order valence-electron chi connectivity index (χ1n) is 11.8. The maximum absolute atomic E-state index is 13.6. The Kier molecular flexibility index (Phi) is 5.44. The molecule has 4 heteroatoms. The third-order valence-corrected chi connectivity index (χ3v) is 7.69. The molecule has 0 bridgehead atoms. The Bertz CT molecular complexity index is 902. The van der Waals surface area contributed by atoms with Gasteiger partial charge in [0.25, 0.3) is 0 Å². The zero-order chi connectivity index (χ0) is 23.4. The summed E-state index contributed by atoms with van der Waals surface area (Å²) >= 11 is 0. The molecule has 32 heavy (non-hydrogen) atoms. The van der Waals surface area contributed by atoms with E-state index in [-0.39, 0.29) is 23.0 Å². The van der Waals surface area contributed by atoms with E-state index >= 15 is 0 Å². The predicted molar refractivity (Wildman–Crippen MR) is 127 cm³/mol. The number of amides is 1. The number of cyclic esters (lactones) is 1. The van der Waals surface area contributed by atoms with Crippen LogP contribution in [-0.4, -0.2) is 33.8 Å². The van der Waals surface area contributed by atoms with Crippen LogP contribution in [0.3, 0.4) is 0 Å². The molecule has 2 aromatic rings. The molecular weight excluding hydrogens is 398 g/mol. The molecule has 0 spiro atoms. The Labute approximate surface area is 192 Å². The fraction of sp³-hybridized carbons (Fsp3) is 0.536. The summed E-state index contributed by atoms with van der Waals surface area (Å²) in [7, 11) is 0. The molecule has 2 aliphatic heterocycles. The molecule has 2 atom stereocenters. The molecule has 1 N–H and O–H groups in total. The van der Waals surface area contributed by atoms with Crippen LogP contribution in [0.25, 0.3) is 0 Å². The maximum Gasteiger partial charge on any atom is 0.411 e. The summed E-state index contributed by atoms with van der Waals surface area (Å²) in [6.07, 6.45) is 2.21. The second-order valence-corrected chi connectivity index (χ2v) is 11.5. The summed E-state index contributed by atoms with van der Waals surface area (Å²) < 4.78 is 6.40. The highest BCUT2D eigenvalue weighted by molar-refractivity contribution is 5.73. The van der Waals surface area contributed by atoms with Crippen molar-refractivity contribution in [3.8, 4) is 0 Å². The van der Waals surface area contributed by atoms with Crippen LogP contribution in [0.5, 0.6) is 0 Å². The minimum absolute atomic E-state index is 0.104. The van der Waals surface area contributed by atoms with E-state index in [9.17, 15) is 9.90 Å². The van der Waals surface area contributed by atoms with Crippen LogP contribution < -0.4 is 0 Å². The van der Waals surface area contributed by atoms with Crippen LogP contribution in [-0.2, 0) is 10.3 Å². The number of nitrogens with zero attached hydrogens (tertiary/aromatic N) is 1. The van der Waals surface area contributed by atoms with Gasteiger partial charge in [-0.05, 0) is 30.4 Å². The number of benzene rings is 2. The van der Waals surface area contributed by atoms with Crippen molar-refractivity contribution in [1.29, 1.82) is 0 Å². The topological polar surface area (TPSA) is 49.8 Å². The Hall–Kier alpha value is -2.33. The number of hydrogen-bond donors (Lipinski definition) is 1. The molecule has 172 valence electrons. The van der Waals surface area contributed by atoms with Crippen molar-refractivity contribution in [1.82, 2.24) is 4.90 Å². The van der Waals surface area contributed by atoms with Gasteiger partial charge < -0.3 is 9.84 Å². The lowest BCUT2D eigenvalue weighted by Crippen LogP contribution is -2.65. The summed E-state index contributed by atoms with van der Waals surface area (Å²) in [5.74, 6) is 0. The van der Waals surface area contributed by atoms with Gasteiger partial charge in [-0.3, -0.25) is 4.90 Å². The van der Waals surface area contributed by atoms with Crippen LogP contribution >= 0.6 is 0 Å². The van der Waals surface area contributed by atoms with Crippen molar-refractivity contribution in [3.05, 3.63) is 71.8 Å². The lowest BCUT2D eigenvalue weighted by Gasteiger charge is -2.55. The third-order valence-electron chi connectivity index (χ3n) is 7.69. The van der Waals surface area contributed by atoms with E-state index in [2.05, 4.69) is 41.5 Å². The average Bonchev–Trinajstić information content (AvgIpc) is 3.08. The molecule has 0 unspecified atom stereocenters. The number of fused-ring (bicyclic) bond motifs is 1. The van der Waals surface area contributed by atoms with Gasteiger partial charge in [0, 0.05) is 10.8 Å². The SMILES string of the molecule is CC(C)(C)C1(C(C)(C)C)OC(=O)N2[C@H]1CCC[C@@H]2C(O)(c1ccccc1)c1ccccc1. The van der Waals surface area contributed by atoms with E-state index in [1.54, 1.807) is 0 Å². The Balaban J connectivity index is 1.90. The molecule has 0 radical (unpaired) electrons. The van der Waals surface area contributed by atoms with Gasteiger partial charge in [0.15, 0.2) is 0 Å². The zero-order valence-corrected chi connectivity index (χ0v) is 20.3. The lowest BCUT2D eigenvalue weighted by molar-refractivity contribution is -0.143. The van der Waals surface area contributed by atoms with Gasteiger partial charge >= 0.3 is 6.09 Å². The molecule has 2 aromatic carbocycles. The molecule has 1 amide bonds. The second kappa shape index (κ2) is 7.62. The van der Waals surface area contributed by atoms with E-state index in [4.69, 9.17) is 4.74 Å². The minimum atomic E-state index is -1.33. The molecule has 2 fully saturated rings. The number of rotatable bonds is 3. The Morgan fingerprint density at radius 1 is 0.844 bits per heavy atom. The lowest BCUT2D eigenvalue weighted by atomic mass is 9.57. The molecule has 0 aromatic heterocycles. The number of hydrogen-bond acceptors (Lipinski definition) is 3. The van der Waals surface area contributed by atoms with Crippen molar-refractivity contribution in [2.75, 3.05) is 0 Å². The highest BCUT2D eigenvalue weighted by Gasteiger charge is 2.68. The quantitative estimate of drug-likeness (QED) is 0.631. The van der Waals surface area contributed by atoms with Crippen molar-refractivity contribution in [2.45, 2.75) is 84.1 Å². The van der Waals surface area contributed by atoms with Gasteiger partial charge in [0.1, 0.15) is 11.2 Å². The molecule has 0 saturated carbocycles. The fourth-order valence-corrected chi connectivity index (χ4v) is 6.69. The standard InChI is InChI=1S/C28H37NO3/c1-25(2,3)28(26(4,5)6)23-19-13-18-22(29(23)24(30)32-28)27(31,20-14-9-7-10-15-20)21-16-11-8-12-17-21/h7-12,14-17,22-23,31H,13,18-19H2,1-6H3/t22-,23+/m1/s1. The molecule has 2 heterocycles. The van der Waals surface area contributed by atoms with Crippen LogP contribution in [0, 0.1) is 10.8 Å². The van der Waals surface area contributed by atoms with Crippen molar-refractivity contribution < 1.29 is 14.6 Å². The van der Waals surface area contributed by atoms with Crippen LogP contribution in [0.4, 0.5) is 4.79 Å². The van der Waals surface area contributed by atoms with Gasteiger partial charge in [-0.15, -0.1) is 0 Å². The average molecular weight is 436 g/mol. The third kappa shape index (κ3) is 3.18. The van der Waals surface area contributed by atoms with E-state index in [1.807, 2.05) is 65.6 Å². The predicted octanol–water partition coefficient (Wildman–Crippen LogP) is 6.13. The van der Waals surface area contributed by atoms with E-state index < -0.39 is 17.2 Å². The number of carbonyl (C=O) groups is 1. The first-order chi connectivity index (χ1) is 14.9. The highest BCUT2D eigenvalue weighted by Crippen LogP contribution is 2.58. The molecule has 0 aliphatic carbocycles. The fourth-order valence-electron chi connectivity index (χ4n) is 6.69. The summed E-state index contributed by atoms with van der Waals surface area (Å²) in [5.41, 5.74) is -0.919. The Morgan fingerprint density at radius 3 is 1.75 bits per heavy atom. The monoisotopic (exact) mass is 435 g/mol. The zero-order valence-electron chi connectivity index (χ0n) is 20.3. The van der Waals surface area contributed by atoms with Crippen LogP contribution in [0.1, 0.15) is 71.9 Å². The summed E-state index contributed by atoms with van der Waals surface area (Å²) in [4.78, 5) is 15.5. The van der Waals surface area contributed by atoms with Crippen LogP contribution in [0.15, 0.2) is 60.7 Å². The molecule has 4 rings (SSSR count). The largest absolute Gasteiger partial charge is 0.439 e. The van der Waals surface area contributed by atoms with Crippen molar-refractivity contribution in [2.24, 2.45) is 10.8 Å².